The third kappa shape index (κ3) is 2.67. The number of rotatable bonds is 2. The summed E-state index contributed by atoms with van der Waals surface area (Å²) in [5.41, 5.74) is 1.05. The molecule has 4 rings (SSSR count). The Balaban J connectivity index is 1.52. The van der Waals surface area contributed by atoms with E-state index < -0.39 is 0 Å². The molecule has 0 aromatic rings. The Morgan fingerprint density at radius 3 is 2.96 bits per heavy atom. The maximum atomic E-state index is 12.8. The summed E-state index contributed by atoms with van der Waals surface area (Å²) < 4.78 is -0.224. The monoisotopic (exact) mass is 332 g/mol. The molecule has 0 radical (unpaired) electrons. The van der Waals surface area contributed by atoms with E-state index in [1.807, 2.05) is 12.3 Å². The largest absolute Gasteiger partial charge is 0.353 e. The van der Waals surface area contributed by atoms with Crippen molar-refractivity contribution >= 4 is 29.7 Å². The van der Waals surface area contributed by atoms with Crippen molar-refractivity contribution in [3.05, 3.63) is 11.8 Å². The normalized spacial score (nSPS) is 37.0. The van der Waals surface area contributed by atoms with Gasteiger partial charge in [-0.2, -0.15) is 0 Å². The maximum Gasteiger partial charge on any atom is 0.224 e. The minimum absolute atomic E-state index is 0.0166. The van der Waals surface area contributed by atoms with Gasteiger partial charge < -0.3 is 5.32 Å². The molecule has 0 bridgehead atoms. The van der Waals surface area contributed by atoms with Crippen LogP contribution in [0.2, 0.25) is 0 Å². The summed E-state index contributed by atoms with van der Waals surface area (Å²) in [6.07, 6.45) is 11.8. The average Bonchev–Trinajstić information content (AvgIpc) is 2.93. The van der Waals surface area contributed by atoms with Gasteiger partial charge in [0.05, 0.1) is 16.4 Å². The van der Waals surface area contributed by atoms with E-state index in [4.69, 9.17) is 0 Å². The van der Waals surface area contributed by atoms with Crippen LogP contribution < -0.4 is 5.32 Å². The molecule has 1 saturated carbocycles. The number of thioether (sulfide) groups is 1. The van der Waals surface area contributed by atoms with Gasteiger partial charge in [0.1, 0.15) is 5.78 Å². The van der Waals surface area contributed by atoms with Crippen molar-refractivity contribution in [2.45, 2.75) is 62.2 Å². The van der Waals surface area contributed by atoms with E-state index in [-0.39, 0.29) is 28.3 Å². The summed E-state index contributed by atoms with van der Waals surface area (Å²) >= 11 is 1.80. The summed E-state index contributed by atoms with van der Waals surface area (Å²) in [4.78, 5) is 29.4. The second-order valence-corrected chi connectivity index (χ2v) is 8.66. The van der Waals surface area contributed by atoms with E-state index in [2.05, 4.69) is 10.3 Å². The Morgan fingerprint density at radius 2 is 2.13 bits per heavy atom. The molecule has 0 aromatic heterocycles. The molecule has 3 unspecified atom stereocenters. The van der Waals surface area contributed by atoms with Gasteiger partial charge in [0.15, 0.2) is 0 Å². The van der Waals surface area contributed by atoms with Gasteiger partial charge in [0.2, 0.25) is 5.91 Å². The maximum absolute atomic E-state index is 12.8. The van der Waals surface area contributed by atoms with Gasteiger partial charge >= 0.3 is 0 Å². The summed E-state index contributed by atoms with van der Waals surface area (Å²) in [6.45, 7) is 0. The molecule has 23 heavy (non-hydrogen) atoms. The predicted octanol–water partition coefficient (Wildman–Crippen LogP) is 2.87. The molecule has 5 heteroatoms. The molecule has 4 nitrogen and oxygen atoms in total. The average molecular weight is 332 g/mol. The van der Waals surface area contributed by atoms with Crippen LogP contribution in [-0.4, -0.2) is 34.4 Å². The molecular formula is C18H24N2O2S. The molecule has 1 spiro atoms. The molecular weight excluding hydrogens is 308 g/mol. The second kappa shape index (κ2) is 6.08. The standard InChI is InChI=1S/C18H24N2O2S/c21-13-6-7-16-18(10-13)15(8-9-19-16)14(11-23-18)17(22)20-12-4-2-1-3-5-12/h7,9,12,14-15H,1-6,8,10-11H2,(H,20,22). The van der Waals surface area contributed by atoms with Crippen LogP contribution in [0.4, 0.5) is 0 Å². The highest BCUT2D eigenvalue weighted by Gasteiger charge is 2.56. The first-order valence-corrected chi connectivity index (χ1v) is 9.87. The number of hydrogen-bond donors (Lipinski definition) is 1. The number of carbonyl (C=O) groups excluding carboxylic acids is 2. The minimum Gasteiger partial charge on any atom is -0.353 e. The van der Waals surface area contributed by atoms with Crippen LogP contribution in [0.15, 0.2) is 16.8 Å². The van der Waals surface area contributed by atoms with Crippen molar-refractivity contribution in [1.29, 1.82) is 0 Å². The Labute approximate surface area is 141 Å². The molecule has 2 heterocycles. The predicted molar refractivity (Wildman–Crippen MR) is 92.6 cm³/mol. The number of Topliss-reactive ketones (excluding diaryl/α,β-unsaturated/α-hetero) is 1. The molecule has 1 N–H and O–H groups in total. The lowest BCUT2D eigenvalue weighted by Crippen LogP contribution is -2.47. The first-order chi connectivity index (χ1) is 11.2. The van der Waals surface area contributed by atoms with Crippen LogP contribution >= 0.6 is 11.8 Å². The number of ketones is 1. The van der Waals surface area contributed by atoms with E-state index in [0.29, 0.717) is 18.9 Å². The fraction of sp³-hybridized carbons (Fsp3) is 0.722. The van der Waals surface area contributed by atoms with E-state index in [9.17, 15) is 9.59 Å². The lowest BCUT2D eigenvalue weighted by Gasteiger charge is -2.40. The van der Waals surface area contributed by atoms with Crippen molar-refractivity contribution < 1.29 is 9.59 Å². The first-order valence-electron chi connectivity index (χ1n) is 8.88. The number of carbonyl (C=O) groups is 2. The second-order valence-electron chi connectivity index (χ2n) is 7.31. The topological polar surface area (TPSA) is 58.5 Å². The Hall–Kier alpha value is -1.10. The molecule has 0 aromatic carbocycles. The fourth-order valence-corrected chi connectivity index (χ4v) is 6.55. The van der Waals surface area contributed by atoms with Crippen LogP contribution in [0.25, 0.3) is 0 Å². The van der Waals surface area contributed by atoms with E-state index >= 15 is 0 Å². The Morgan fingerprint density at radius 1 is 1.30 bits per heavy atom. The lowest BCUT2D eigenvalue weighted by molar-refractivity contribution is -0.127. The van der Waals surface area contributed by atoms with Crippen LogP contribution in [-0.2, 0) is 9.59 Å². The molecule has 2 aliphatic heterocycles. The molecule has 124 valence electrons. The molecule has 3 atom stereocenters. The number of hydrogen-bond acceptors (Lipinski definition) is 4. The molecule has 2 fully saturated rings. The van der Waals surface area contributed by atoms with Gasteiger partial charge in [-0.15, -0.1) is 11.8 Å². The van der Waals surface area contributed by atoms with Gasteiger partial charge in [0, 0.05) is 30.9 Å². The quantitative estimate of drug-likeness (QED) is 0.846. The van der Waals surface area contributed by atoms with E-state index in [1.54, 1.807) is 11.8 Å². The number of nitrogens with zero attached hydrogens (tertiary/aromatic N) is 1. The SMILES string of the molecule is O=C1CC=C2N=CCC3C(C(=O)NC4CCCCC4)CSC23C1. The fourth-order valence-electron chi connectivity index (χ4n) is 4.67. The van der Waals surface area contributed by atoms with E-state index in [1.165, 1.54) is 19.3 Å². The van der Waals surface area contributed by atoms with Crippen LogP contribution in [0.1, 0.15) is 51.4 Å². The summed E-state index contributed by atoms with van der Waals surface area (Å²) in [5.74, 6) is 1.56. The third-order valence-electron chi connectivity index (χ3n) is 5.90. The van der Waals surface area contributed by atoms with Crippen molar-refractivity contribution in [3.63, 3.8) is 0 Å². The number of aliphatic imine (C=N–C) groups is 1. The van der Waals surface area contributed by atoms with Gasteiger partial charge in [-0.25, -0.2) is 0 Å². The highest BCUT2D eigenvalue weighted by Crippen LogP contribution is 2.57. The van der Waals surface area contributed by atoms with Crippen LogP contribution in [0.5, 0.6) is 0 Å². The molecule has 1 amide bonds. The zero-order valence-corrected chi connectivity index (χ0v) is 14.2. The van der Waals surface area contributed by atoms with E-state index in [0.717, 1.165) is 30.7 Å². The Kier molecular flexibility index (Phi) is 4.08. The summed E-state index contributed by atoms with van der Waals surface area (Å²) in [6, 6.07) is 0.359. The van der Waals surface area contributed by atoms with Crippen molar-refractivity contribution in [3.8, 4) is 0 Å². The summed E-state index contributed by atoms with van der Waals surface area (Å²) in [7, 11) is 0. The Bertz CT molecular complexity index is 580. The smallest absolute Gasteiger partial charge is 0.224 e. The van der Waals surface area contributed by atoms with Crippen LogP contribution in [0, 0.1) is 11.8 Å². The molecule has 4 aliphatic rings. The first kappa shape index (κ1) is 15.4. The molecule has 1 saturated heterocycles. The highest BCUT2D eigenvalue weighted by molar-refractivity contribution is 8.01. The van der Waals surface area contributed by atoms with Gasteiger partial charge in [-0.05, 0) is 25.2 Å². The number of nitrogens with one attached hydrogen (secondary N) is 1. The van der Waals surface area contributed by atoms with Gasteiger partial charge in [0.25, 0.3) is 0 Å². The van der Waals surface area contributed by atoms with Crippen molar-refractivity contribution in [1.82, 2.24) is 5.32 Å². The van der Waals surface area contributed by atoms with Crippen LogP contribution in [0.3, 0.4) is 0 Å². The van der Waals surface area contributed by atoms with Gasteiger partial charge in [-0.3, -0.25) is 14.6 Å². The van der Waals surface area contributed by atoms with Gasteiger partial charge in [-0.1, -0.05) is 25.3 Å². The third-order valence-corrected chi connectivity index (χ3v) is 7.60. The zero-order valence-electron chi connectivity index (χ0n) is 13.4. The number of allylic oxidation sites excluding steroid dienone is 1. The molecule has 2 aliphatic carbocycles. The van der Waals surface area contributed by atoms with Crippen molar-refractivity contribution in [2.75, 3.05) is 5.75 Å². The highest BCUT2D eigenvalue weighted by atomic mass is 32.2. The zero-order chi connectivity index (χ0) is 15.9. The number of amides is 1. The minimum atomic E-state index is -0.224. The van der Waals surface area contributed by atoms with Crippen molar-refractivity contribution in [2.24, 2.45) is 16.8 Å². The lowest BCUT2D eigenvalue weighted by atomic mass is 9.72. The summed E-state index contributed by atoms with van der Waals surface area (Å²) in [5, 5.41) is 3.30.